The summed E-state index contributed by atoms with van der Waals surface area (Å²) < 4.78 is 12.5. The van der Waals surface area contributed by atoms with E-state index in [2.05, 4.69) is 25.7 Å². The Morgan fingerprint density at radius 2 is 2.10 bits per heavy atom. The standard InChI is InChI=1S/C12H14N6O2S/c1-12(2,3)18-11(15-16-17-18)21-7-9-13-14-10(20-9)8-5-4-6-19-8/h4-6H,7H2,1-3H3. The maximum absolute atomic E-state index is 5.54. The molecule has 0 fully saturated rings. The highest BCUT2D eigenvalue weighted by molar-refractivity contribution is 7.98. The minimum absolute atomic E-state index is 0.181. The van der Waals surface area contributed by atoms with Crippen LogP contribution in [-0.2, 0) is 11.3 Å². The minimum Gasteiger partial charge on any atom is -0.459 e. The first kappa shape index (κ1) is 13.8. The maximum atomic E-state index is 5.54. The molecule has 0 aliphatic rings. The average Bonchev–Trinajstić information content (AvgIpc) is 3.16. The zero-order valence-corrected chi connectivity index (χ0v) is 12.7. The Kier molecular flexibility index (Phi) is 3.50. The fourth-order valence-electron chi connectivity index (χ4n) is 1.63. The van der Waals surface area contributed by atoms with Crippen LogP contribution < -0.4 is 0 Å². The van der Waals surface area contributed by atoms with E-state index in [1.165, 1.54) is 11.8 Å². The molecule has 110 valence electrons. The topological polar surface area (TPSA) is 95.7 Å². The molecule has 3 aromatic heterocycles. The second-order valence-electron chi connectivity index (χ2n) is 5.31. The van der Waals surface area contributed by atoms with Crippen molar-refractivity contribution < 1.29 is 8.83 Å². The van der Waals surface area contributed by atoms with Crippen molar-refractivity contribution in [1.82, 2.24) is 30.4 Å². The number of hydrogen-bond acceptors (Lipinski definition) is 8. The van der Waals surface area contributed by atoms with Crippen molar-refractivity contribution in [3.8, 4) is 11.7 Å². The molecule has 8 nitrogen and oxygen atoms in total. The fraction of sp³-hybridized carbons (Fsp3) is 0.417. The minimum atomic E-state index is -0.181. The van der Waals surface area contributed by atoms with Crippen molar-refractivity contribution in [2.75, 3.05) is 0 Å². The van der Waals surface area contributed by atoms with Gasteiger partial charge in [0.15, 0.2) is 5.76 Å². The number of rotatable bonds is 4. The van der Waals surface area contributed by atoms with Crippen LogP contribution in [0.4, 0.5) is 0 Å². The van der Waals surface area contributed by atoms with E-state index in [0.717, 1.165) is 0 Å². The SMILES string of the molecule is CC(C)(C)n1nnnc1SCc1nnc(-c2ccco2)o1. The molecule has 0 spiro atoms. The van der Waals surface area contributed by atoms with Gasteiger partial charge >= 0.3 is 0 Å². The van der Waals surface area contributed by atoms with Gasteiger partial charge in [-0.2, -0.15) is 0 Å². The molecule has 9 heteroatoms. The summed E-state index contributed by atoms with van der Waals surface area (Å²) in [6.07, 6.45) is 1.56. The second kappa shape index (κ2) is 5.32. The third-order valence-electron chi connectivity index (χ3n) is 2.60. The highest BCUT2D eigenvalue weighted by Crippen LogP contribution is 2.25. The summed E-state index contributed by atoms with van der Waals surface area (Å²) in [5.41, 5.74) is -0.181. The third kappa shape index (κ3) is 2.97. The van der Waals surface area contributed by atoms with Crippen LogP contribution in [0.2, 0.25) is 0 Å². The van der Waals surface area contributed by atoms with Crippen molar-refractivity contribution in [3.05, 3.63) is 24.3 Å². The van der Waals surface area contributed by atoms with Gasteiger partial charge in [0.25, 0.3) is 5.89 Å². The Morgan fingerprint density at radius 3 is 2.81 bits per heavy atom. The van der Waals surface area contributed by atoms with Crippen LogP contribution in [0.3, 0.4) is 0 Å². The smallest absolute Gasteiger partial charge is 0.283 e. The van der Waals surface area contributed by atoms with Gasteiger partial charge in [0, 0.05) is 0 Å². The zero-order chi connectivity index (χ0) is 14.9. The molecule has 0 N–H and O–H groups in total. The molecule has 0 aliphatic carbocycles. The van der Waals surface area contributed by atoms with Crippen LogP contribution in [0.25, 0.3) is 11.7 Å². The Labute approximate surface area is 124 Å². The molecule has 3 aromatic rings. The number of aromatic nitrogens is 6. The van der Waals surface area contributed by atoms with Crippen molar-refractivity contribution in [2.45, 2.75) is 37.2 Å². The van der Waals surface area contributed by atoms with E-state index < -0.39 is 0 Å². The molecule has 0 bridgehead atoms. The fourth-order valence-corrected chi connectivity index (χ4v) is 2.52. The van der Waals surface area contributed by atoms with Crippen molar-refractivity contribution in [1.29, 1.82) is 0 Å². The summed E-state index contributed by atoms with van der Waals surface area (Å²) >= 11 is 1.44. The maximum Gasteiger partial charge on any atom is 0.283 e. The molecule has 0 radical (unpaired) electrons. The predicted molar refractivity (Wildman–Crippen MR) is 74.4 cm³/mol. The first-order valence-corrected chi connectivity index (χ1v) is 7.30. The van der Waals surface area contributed by atoms with Crippen molar-refractivity contribution >= 4 is 11.8 Å². The highest BCUT2D eigenvalue weighted by Gasteiger charge is 2.20. The number of hydrogen-bond donors (Lipinski definition) is 0. The van der Waals surface area contributed by atoms with Gasteiger partial charge in [-0.25, -0.2) is 4.68 Å². The lowest BCUT2D eigenvalue weighted by Crippen LogP contribution is -2.24. The molecule has 0 aliphatic heterocycles. The number of tetrazole rings is 1. The molecular weight excluding hydrogens is 292 g/mol. The van der Waals surface area contributed by atoms with E-state index in [1.807, 2.05) is 20.8 Å². The van der Waals surface area contributed by atoms with Gasteiger partial charge in [0.2, 0.25) is 11.0 Å². The largest absolute Gasteiger partial charge is 0.459 e. The van der Waals surface area contributed by atoms with Gasteiger partial charge < -0.3 is 8.83 Å². The van der Waals surface area contributed by atoms with E-state index in [9.17, 15) is 0 Å². The Bertz CT molecular complexity index is 712. The second-order valence-corrected chi connectivity index (χ2v) is 6.25. The Morgan fingerprint density at radius 1 is 1.24 bits per heavy atom. The van der Waals surface area contributed by atoms with Crippen molar-refractivity contribution in [3.63, 3.8) is 0 Å². The van der Waals surface area contributed by atoms with Crippen LogP contribution in [0.5, 0.6) is 0 Å². The molecule has 0 saturated carbocycles. The summed E-state index contributed by atoms with van der Waals surface area (Å²) in [7, 11) is 0. The Hall–Kier alpha value is -2.16. The number of furan rings is 1. The highest BCUT2D eigenvalue weighted by atomic mass is 32.2. The molecule has 21 heavy (non-hydrogen) atoms. The van der Waals surface area contributed by atoms with E-state index in [0.29, 0.717) is 28.5 Å². The van der Waals surface area contributed by atoms with Crippen LogP contribution in [0.1, 0.15) is 26.7 Å². The van der Waals surface area contributed by atoms with Gasteiger partial charge in [-0.05, 0) is 43.3 Å². The normalized spacial score (nSPS) is 12.0. The monoisotopic (exact) mass is 306 g/mol. The van der Waals surface area contributed by atoms with E-state index in [-0.39, 0.29) is 5.54 Å². The Balaban J connectivity index is 1.70. The summed E-state index contributed by atoms with van der Waals surface area (Å²) in [5.74, 6) is 1.91. The van der Waals surface area contributed by atoms with E-state index in [1.54, 1.807) is 23.1 Å². The van der Waals surface area contributed by atoms with E-state index in [4.69, 9.17) is 8.83 Å². The van der Waals surface area contributed by atoms with Crippen LogP contribution in [0, 0.1) is 0 Å². The van der Waals surface area contributed by atoms with Gasteiger partial charge in [-0.3, -0.25) is 0 Å². The van der Waals surface area contributed by atoms with Gasteiger partial charge in [-0.1, -0.05) is 11.8 Å². The molecule has 3 heterocycles. The predicted octanol–water partition coefficient (Wildman–Crippen LogP) is 2.36. The molecule has 3 rings (SSSR count). The molecule has 0 amide bonds. The van der Waals surface area contributed by atoms with Gasteiger partial charge in [-0.15, -0.1) is 15.3 Å². The first-order chi connectivity index (χ1) is 10.0. The summed E-state index contributed by atoms with van der Waals surface area (Å²) in [4.78, 5) is 0. The van der Waals surface area contributed by atoms with Crippen LogP contribution in [0.15, 0.2) is 32.4 Å². The van der Waals surface area contributed by atoms with Gasteiger partial charge in [0.1, 0.15) is 0 Å². The lowest BCUT2D eigenvalue weighted by molar-refractivity contribution is 0.321. The van der Waals surface area contributed by atoms with Crippen LogP contribution in [-0.4, -0.2) is 30.4 Å². The lowest BCUT2D eigenvalue weighted by Gasteiger charge is -2.19. The molecule has 0 aromatic carbocycles. The van der Waals surface area contributed by atoms with E-state index >= 15 is 0 Å². The number of thioether (sulfide) groups is 1. The summed E-state index contributed by atoms with van der Waals surface area (Å²) in [5, 5.41) is 20.4. The average molecular weight is 306 g/mol. The first-order valence-electron chi connectivity index (χ1n) is 6.32. The van der Waals surface area contributed by atoms with Crippen molar-refractivity contribution in [2.24, 2.45) is 0 Å². The summed E-state index contributed by atoms with van der Waals surface area (Å²) in [6.45, 7) is 6.11. The lowest BCUT2D eigenvalue weighted by atomic mass is 10.1. The molecule has 0 atom stereocenters. The quantitative estimate of drug-likeness (QED) is 0.678. The summed E-state index contributed by atoms with van der Waals surface area (Å²) in [6, 6.07) is 3.54. The van der Waals surface area contributed by atoms with Crippen LogP contribution >= 0.6 is 11.8 Å². The molecule has 0 unspecified atom stereocenters. The number of nitrogens with zero attached hydrogens (tertiary/aromatic N) is 6. The van der Waals surface area contributed by atoms with Gasteiger partial charge in [0.05, 0.1) is 17.6 Å². The third-order valence-corrected chi connectivity index (χ3v) is 3.50. The molecular formula is C12H14N6O2S. The zero-order valence-electron chi connectivity index (χ0n) is 11.8. The molecule has 0 saturated heterocycles.